The fourth-order valence-corrected chi connectivity index (χ4v) is 3.80. The van der Waals surface area contributed by atoms with Crippen molar-refractivity contribution in [2.75, 3.05) is 0 Å². The Labute approximate surface area is 188 Å². The van der Waals surface area contributed by atoms with Crippen molar-refractivity contribution in [1.29, 1.82) is 0 Å². The summed E-state index contributed by atoms with van der Waals surface area (Å²) in [5.41, 5.74) is 5.41. The number of nitrogens with one attached hydrogen (secondary N) is 1. The first kappa shape index (κ1) is 21.3. The van der Waals surface area contributed by atoms with Crippen LogP contribution in [0.4, 0.5) is 0 Å². The predicted octanol–water partition coefficient (Wildman–Crippen LogP) is 5.76. The van der Waals surface area contributed by atoms with E-state index >= 15 is 0 Å². The molecule has 4 aromatic rings. The molecule has 4 rings (SSSR count). The zero-order valence-electron chi connectivity index (χ0n) is 17.7. The van der Waals surface area contributed by atoms with Gasteiger partial charge in [0.05, 0.1) is 6.54 Å². The third-order valence-corrected chi connectivity index (χ3v) is 5.55. The van der Waals surface area contributed by atoms with E-state index in [1.54, 1.807) is 4.80 Å². The highest BCUT2D eigenvalue weighted by atomic mass is 35.5. The van der Waals surface area contributed by atoms with E-state index < -0.39 is 0 Å². The molecule has 1 aromatic heterocycles. The quantitative estimate of drug-likeness (QED) is 0.367. The molecule has 0 spiro atoms. The molecule has 1 atom stereocenters. The lowest BCUT2D eigenvalue weighted by atomic mass is 10.1. The van der Waals surface area contributed by atoms with Gasteiger partial charge in [0, 0.05) is 23.2 Å². The first-order valence-corrected chi connectivity index (χ1v) is 11.1. The second-order valence-electron chi connectivity index (χ2n) is 7.83. The van der Waals surface area contributed by atoms with Gasteiger partial charge in [-0.1, -0.05) is 84.4 Å². The lowest BCUT2D eigenvalue weighted by Gasteiger charge is -2.13. The number of rotatable bonds is 9. The Hall–Kier alpha value is -2.95. The van der Waals surface area contributed by atoms with Crippen molar-refractivity contribution in [2.24, 2.45) is 0 Å². The standard InChI is InChI=1S/C26H27ClN4/c1-20(15-16-21-9-4-2-5-10-21)28-18-25-26(23-12-6-3-7-13-23)30-31(29-25)19-22-11-8-14-24(27)17-22/h2-14,17,20,28H,15-16,18-19H2,1H3/t20-/m0/s1. The molecule has 4 nitrogen and oxygen atoms in total. The highest BCUT2D eigenvalue weighted by Gasteiger charge is 2.14. The van der Waals surface area contributed by atoms with Crippen molar-refractivity contribution in [2.45, 2.75) is 38.9 Å². The minimum absolute atomic E-state index is 0.377. The van der Waals surface area contributed by atoms with Gasteiger partial charge in [-0.05, 0) is 43.0 Å². The van der Waals surface area contributed by atoms with Crippen LogP contribution < -0.4 is 5.32 Å². The monoisotopic (exact) mass is 430 g/mol. The van der Waals surface area contributed by atoms with Gasteiger partial charge in [0.25, 0.3) is 0 Å². The number of hydrogen-bond acceptors (Lipinski definition) is 3. The molecular formula is C26H27ClN4. The van der Waals surface area contributed by atoms with E-state index in [-0.39, 0.29) is 0 Å². The van der Waals surface area contributed by atoms with Crippen LogP contribution in [0.1, 0.15) is 30.2 Å². The number of nitrogens with zero attached hydrogens (tertiary/aromatic N) is 3. The van der Waals surface area contributed by atoms with Crippen molar-refractivity contribution in [3.63, 3.8) is 0 Å². The molecule has 0 saturated heterocycles. The van der Waals surface area contributed by atoms with Gasteiger partial charge in [0.15, 0.2) is 0 Å². The molecule has 31 heavy (non-hydrogen) atoms. The molecule has 0 unspecified atom stereocenters. The molecule has 0 aliphatic heterocycles. The molecule has 1 N–H and O–H groups in total. The van der Waals surface area contributed by atoms with Crippen molar-refractivity contribution in [1.82, 2.24) is 20.3 Å². The van der Waals surface area contributed by atoms with Crippen LogP contribution in [0.2, 0.25) is 5.02 Å². The molecule has 0 saturated carbocycles. The average Bonchev–Trinajstić information content (AvgIpc) is 3.20. The second kappa shape index (κ2) is 10.4. The number of aryl methyl sites for hydroxylation is 1. The maximum Gasteiger partial charge on any atom is 0.117 e. The van der Waals surface area contributed by atoms with Crippen LogP contribution in [0.15, 0.2) is 84.9 Å². The van der Waals surface area contributed by atoms with Crippen LogP contribution in [-0.4, -0.2) is 21.0 Å². The van der Waals surface area contributed by atoms with E-state index in [4.69, 9.17) is 21.8 Å². The van der Waals surface area contributed by atoms with Crippen LogP contribution in [0, 0.1) is 0 Å². The smallest absolute Gasteiger partial charge is 0.117 e. The molecular weight excluding hydrogens is 404 g/mol. The SMILES string of the molecule is C[C@@H](CCc1ccccc1)NCc1nn(Cc2cccc(Cl)c2)nc1-c1ccccc1. The summed E-state index contributed by atoms with van der Waals surface area (Å²) in [6, 6.07) is 29.1. The highest BCUT2D eigenvalue weighted by Crippen LogP contribution is 2.21. The Morgan fingerprint density at radius 1 is 0.871 bits per heavy atom. The maximum absolute atomic E-state index is 6.14. The Kier molecular flexibility index (Phi) is 7.13. The molecule has 0 fully saturated rings. The maximum atomic E-state index is 6.14. The zero-order valence-corrected chi connectivity index (χ0v) is 18.5. The van der Waals surface area contributed by atoms with Crippen LogP contribution in [0.3, 0.4) is 0 Å². The summed E-state index contributed by atoms with van der Waals surface area (Å²) in [7, 11) is 0. The fraction of sp³-hybridized carbons (Fsp3) is 0.231. The number of halogens is 1. The van der Waals surface area contributed by atoms with Crippen molar-refractivity contribution >= 4 is 11.6 Å². The topological polar surface area (TPSA) is 42.7 Å². The molecule has 0 amide bonds. The average molecular weight is 431 g/mol. The number of aromatic nitrogens is 3. The molecule has 5 heteroatoms. The van der Waals surface area contributed by atoms with Gasteiger partial charge in [-0.25, -0.2) is 0 Å². The highest BCUT2D eigenvalue weighted by molar-refractivity contribution is 6.30. The van der Waals surface area contributed by atoms with Crippen LogP contribution in [0.5, 0.6) is 0 Å². The van der Waals surface area contributed by atoms with Crippen molar-refractivity contribution < 1.29 is 0 Å². The fourth-order valence-electron chi connectivity index (χ4n) is 3.59. The Morgan fingerprint density at radius 3 is 2.32 bits per heavy atom. The normalized spacial score (nSPS) is 12.1. The van der Waals surface area contributed by atoms with E-state index in [1.807, 2.05) is 42.5 Å². The molecule has 0 aliphatic rings. The van der Waals surface area contributed by atoms with Gasteiger partial charge in [-0.2, -0.15) is 15.0 Å². The van der Waals surface area contributed by atoms with Crippen molar-refractivity contribution in [3.05, 3.63) is 107 Å². The summed E-state index contributed by atoms with van der Waals surface area (Å²) in [4.78, 5) is 1.76. The van der Waals surface area contributed by atoms with Gasteiger partial charge in [0.1, 0.15) is 11.4 Å². The van der Waals surface area contributed by atoms with Crippen LogP contribution in [-0.2, 0) is 19.5 Å². The van der Waals surface area contributed by atoms with Gasteiger partial charge in [-0.3, -0.25) is 0 Å². The summed E-state index contributed by atoms with van der Waals surface area (Å²) >= 11 is 6.14. The van der Waals surface area contributed by atoms with E-state index in [0.29, 0.717) is 19.1 Å². The number of benzene rings is 3. The lowest BCUT2D eigenvalue weighted by Crippen LogP contribution is -2.26. The zero-order chi connectivity index (χ0) is 21.5. The van der Waals surface area contributed by atoms with Gasteiger partial charge in [-0.15, -0.1) is 0 Å². The summed E-state index contributed by atoms with van der Waals surface area (Å²) < 4.78 is 0. The molecule has 0 radical (unpaired) electrons. The molecule has 0 aliphatic carbocycles. The van der Waals surface area contributed by atoms with Gasteiger partial charge < -0.3 is 5.32 Å². The predicted molar refractivity (Wildman–Crippen MR) is 127 cm³/mol. The van der Waals surface area contributed by atoms with E-state index in [0.717, 1.165) is 40.4 Å². The second-order valence-corrected chi connectivity index (χ2v) is 8.26. The summed E-state index contributed by atoms with van der Waals surface area (Å²) in [5.74, 6) is 0. The molecule has 3 aromatic carbocycles. The van der Waals surface area contributed by atoms with Crippen LogP contribution >= 0.6 is 11.6 Å². The minimum Gasteiger partial charge on any atom is -0.309 e. The molecule has 0 bridgehead atoms. The first-order chi connectivity index (χ1) is 15.2. The van der Waals surface area contributed by atoms with E-state index in [9.17, 15) is 0 Å². The van der Waals surface area contributed by atoms with Gasteiger partial charge in [0.2, 0.25) is 0 Å². The third kappa shape index (κ3) is 6.03. The summed E-state index contributed by atoms with van der Waals surface area (Å²) in [6.07, 6.45) is 2.13. The Morgan fingerprint density at radius 2 is 1.58 bits per heavy atom. The first-order valence-electron chi connectivity index (χ1n) is 10.7. The lowest BCUT2D eigenvalue weighted by molar-refractivity contribution is 0.503. The van der Waals surface area contributed by atoms with Gasteiger partial charge >= 0.3 is 0 Å². The summed E-state index contributed by atoms with van der Waals surface area (Å²) in [5, 5.41) is 14.0. The number of hydrogen-bond donors (Lipinski definition) is 1. The Bertz CT molecular complexity index is 1090. The Balaban J connectivity index is 1.46. The van der Waals surface area contributed by atoms with Crippen LogP contribution in [0.25, 0.3) is 11.3 Å². The summed E-state index contributed by atoms with van der Waals surface area (Å²) in [6.45, 7) is 3.49. The molecule has 1 heterocycles. The largest absolute Gasteiger partial charge is 0.309 e. The van der Waals surface area contributed by atoms with Crippen molar-refractivity contribution in [3.8, 4) is 11.3 Å². The van der Waals surface area contributed by atoms with E-state index in [1.165, 1.54) is 5.56 Å². The molecule has 158 valence electrons. The third-order valence-electron chi connectivity index (χ3n) is 5.31. The minimum atomic E-state index is 0.377. The van der Waals surface area contributed by atoms with E-state index in [2.05, 4.69) is 54.7 Å².